The van der Waals surface area contributed by atoms with E-state index in [0.29, 0.717) is 17.1 Å². The molecule has 0 spiro atoms. The number of fused-ring (bicyclic) bond motifs is 3. The van der Waals surface area contributed by atoms with Crippen molar-refractivity contribution in [3.05, 3.63) is 20.8 Å². The Morgan fingerprint density at radius 1 is 1.17 bits per heavy atom. The summed E-state index contributed by atoms with van der Waals surface area (Å²) in [4.78, 5) is 28.4. The SMILES string of the molecule is Cn1c(=O)c2c(nc3n2CCCCN3)n(C)c1=O. The number of rotatable bonds is 0. The van der Waals surface area contributed by atoms with Crippen molar-refractivity contribution in [2.24, 2.45) is 14.1 Å². The van der Waals surface area contributed by atoms with Crippen molar-refractivity contribution in [1.29, 1.82) is 0 Å². The zero-order chi connectivity index (χ0) is 12.9. The van der Waals surface area contributed by atoms with Crippen molar-refractivity contribution in [3.8, 4) is 0 Å². The maximum Gasteiger partial charge on any atom is 0.332 e. The van der Waals surface area contributed by atoms with Crippen molar-refractivity contribution < 1.29 is 0 Å². The van der Waals surface area contributed by atoms with Crippen LogP contribution < -0.4 is 16.6 Å². The number of aromatic nitrogens is 4. The molecule has 18 heavy (non-hydrogen) atoms. The Labute approximate surface area is 103 Å². The summed E-state index contributed by atoms with van der Waals surface area (Å²) in [7, 11) is 3.13. The van der Waals surface area contributed by atoms with Crippen molar-refractivity contribution in [2.45, 2.75) is 19.4 Å². The van der Waals surface area contributed by atoms with Crippen LogP contribution in [0.3, 0.4) is 0 Å². The predicted octanol–water partition coefficient (Wildman–Crippen LogP) is -0.361. The highest BCUT2D eigenvalue weighted by Gasteiger charge is 2.19. The lowest BCUT2D eigenvalue weighted by atomic mass is 10.3. The molecule has 1 aliphatic rings. The molecule has 7 heteroatoms. The number of imidazole rings is 1. The Hall–Kier alpha value is -2.05. The quantitative estimate of drug-likeness (QED) is 0.692. The lowest BCUT2D eigenvalue weighted by Gasteiger charge is -2.05. The first-order valence-electron chi connectivity index (χ1n) is 6.01. The molecule has 0 amide bonds. The van der Waals surface area contributed by atoms with Crippen LogP contribution in [0.5, 0.6) is 0 Å². The Kier molecular flexibility index (Phi) is 2.29. The predicted molar refractivity (Wildman–Crippen MR) is 67.9 cm³/mol. The molecular formula is C11H15N5O2. The van der Waals surface area contributed by atoms with Crippen LogP contribution in [0, 0.1) is 0 Å². The number of hydrogen-bond acceptors (Lipinski definition) is 4. The topological polar surface area (TPSA) is 73.8 Å². The van der Waals surface area contributed by atoms with Crippen molar-refractivity contribution >= 4 is 17.1 Å². The largest absolute Gasteiger partial charge is 0.356 e. The van der Waals surface area contributed by atoms with Crippen LogP contribution in [0.15, 0.2) is 9.59 Å². The van der Waals surface area contributed by atoms with Crippen LogP contribution >= 0.6 is 0 Å². The second kappa shape index (κ2) is 3.72. The van der Waals surface area contributed by atoms with Crippen molar-refractivity contribution in [3.63, 3.8) is 0 Å². The molecule has 0 bridgehead atoms. The van der Waals surface area contributed by atoms with E-state index in [0.717, 1.165) is 30.5 Å². The summed E-state index contributed by atoms with van der Waals surface area (Å²) in [6.45, 7) is 1.60. The minimum absolute atomic E-state index is 0.282. The van der Waals surface area contributed by atoms with E-state index >= 15 is 0 Å². The zero-order valence-corrected chi connectivity index (χ0v) is 10.4. The Morgan fingerprint density at radius 2 is 1.94 bits per heavy atom. The van der Waals surface area contributed by atoms with Gasteiger partial charge in [0.2, 0.25) is 5.95 Å². The average molecular weight is 249 g/mol. The fraction of sp³-hybridized carbons (Fsp3) is 0.545. The Bertz CT molecular complexity index is 736. The van der Waals surface area contributed by atoms with Crippen LogP contribution in [0.25, 0.3) is 11.2 Å². The number of aryl methyl sites for hydroxylation is 2. The zero-order valence-electron chi connectivity index (χ0n) is 10.4. The van der Waals surface area contributed by atoms with Gasteiger partial charge in [-0.3, -0.25) is 13.9 Å². The van der Waals surface area contributed by atoms with Crippen LogP contribution in [-0.2, 0) is 20.6 Å². The van der Waals surface area contributed by atoms with E-state index in [4.69, 9.17) is 0 Å². The summed E-state index contributed by atoms with van der Waals surface area (Å²) in [5, 5.41) is 3.20. The lowest BCUT2D eigenvalue weighted by molar-refractivity contribution is 0.657. The molecule has 0 saturated heterocycles. The summed E-state index contributed by atoms with van der Waals surface area (Å²) in [6.07, 6.45) is 2.05. The third-order valence-electron chi connectivity index (χ3n) is 3.44. The average Bonchev–Trinajstić information content (AvgIpc) is 2.57. The first kappa shape index (κ1) is 11.1. The molecule has 0 aromatic carbocycles. The fourth-order valence-corrected chi connectivity index (χ4v) is 2.39. The summed E-state index contributed by atoms with van der Waals surface area (Å²) >= 11 is 0. The van der Waals surface area contributed by atoms with E-state index in [2.05, 4.69) is 10.3 Å². The minimum Gasteiger partial charge on any atom is -0.356 e. The molecular weight excluding hydrogens is 234 g/mol. The minimum atomic E-state index is -0.347. The normalized spacial score (nSPS) is 15.2. The molecule has 3 heterocycles. The van der Waals surface area contributed by atoms with Crippen LogP contribution in [0.1, 0.15) is 12.8 Å². The Balaban J connectivity index is 2.48. The molecule has 2 aromatic rings. The molecule has 0 atom stereocenters. The molecule has 0 unspecified atom stereocenters. The van der Waals surface area contributed by atoms with E-state index < -0.39 is 0 Å². The maximum absolute atomic E-state index is 12.2. The number of hydrogen-bond donors (Lipinski definition) is 1. The summed E-state index contributed by atoms with van der Waals surface area (Å²) < 4.78 is 4.42. The van der Waals surface area contributed by atoms with Gasteiger partial charge in [-0.05, 0) is 12.8 Å². The number of anilines is 1. The van der Waals surface area contributed by atoms with Gasteiger partial charge in [0.25, 0.3) is 5.56 Å². The van der Waals surface area contributed by atoms with Gasteiger partial charge in [0, 0.05) is 27.2 Å². The van der Waals surface area contributed by atoms with Gasteiger partial charge in [0.1, 0.15) is 0 Å². The van der Waals surface area contributed by atoms with Crippen LogP contribution in [-0.4, -0.2) is 25.2 Å². The highest BCUT2D eigenvalue weighted by Crippen LogP contribution is 2.18. The third-order valence-corrected chi connectivity index (χ3v) is 3.44. The molecule has 1 N–H and O–H groups in total. The van der Waals surface area contributed by atoms with Gasteiger partial charge in [0.15, 0.2) is 11.2 Å². The molecule has 2 aromatic heterocycles. The van der Waals surface area contributed by atoms with E-state index in [9.17, 15) is 9.59 Å². The first-order chi connectivity index (χ1) is 8.61. The second-order valence-electron chi connectivity index (χ2n) is 4.60. The monoisotopic (exact) mass is 249 g/mol. The van der Waals surface area contributed by atoms with Crippen LogP contribution in [0.4, 0.5) is 5.95 Å². The summed E-state index contributed by atoms with van der Waals surface area (Å²) in [6, 6.07) is 0. The van der Waals surface area contributed by atoms with Gasteiger partial charge in [-0.1, -0.05) is 0 Å². The Morgan fingerprint density at radius 3 is 2.72 bits per heavy atom. The van der Waals surface area contributed by atoms with Gasteiger partial charge < -0.3 is 9.88 Å². The number of nitrogens with one attached hydrogen (secondary N) is 1. The smallest absolute Gasteiger partial charge is 0.332 e. The number of nitrogens with zero attached hydrogens (tertiary/aromatic N) is 4. The van der Waals surface area contributed by atoms with Crippen LogP contribution in [0.2, 0.25) is 0 Å². The lowest BCUT2D eigenvalue weighted by Crippen LogP contribution is -2.37. The van der Waals surface area contributed by atoms with Gasteiger partial charge in [-0.2, -0.15) is 4.98 Å². The molecule has 1 aliphatic heterocycles. The van der Waals surface area contributed by atoms with Gasteiger partial charge in [0.05, 0.1) is 0 Å². The first-order valence-corrected chi connectivity index (χ1v) is 6.01. The van der Waals surface area contributed by atoms with E-state index in [-0.39, 0.29) is 11.2 Å². The highest BCUT2D eigenvalue weighted by atomic mass is 16.2. The van der Waals surface area contributed by atoms with Gasteiger partial charge >= 0.3 is 5.69 Å². The molecule has 0 radical (unpaired) electrons. The molecule has 96 valence electrons. The standard InChI is InChI=1S/C11H15N5O2/c1-14-8-7(9(17)15(2)11(14)18)16-6-4-3-5-12-10(16)13-8/h3-6H2,1-2H3,(H,12,13). The maximum atomic E-state index is 12.2. The van der Waals surface area contributed by atoms with Crippen molar-refractivity contribution in [2.75, 3.05) is 11.9 Å². The molecule has 3 rings (SSSR count). The summed E-state index contributed by atoms with van der Waals surface area (Å²) in [5.41, 5.74) is 0.327. The van der Waals surface area contributed by atoms with Gasteiger partial charge in [-0.15, -0.1) is 0 Å². The van der Waals surface area contributed by atoms with Crippen molar-refractivity contribution in [1.82, 2.24) is 18.7 Å². The van der Waals surface area contributed by atoms with E-state index in [1.165, 1.54) is 11.6 Å². The van der Waals surface area contributed by atoms with Gasteiger partial charge in [-0.25, -0.2) is 4.79 Å². The van der Waals surface area contributed by atoms with E-state index in [1.807, 2.05) is 4.57 Å². The fourth-order valence-electron chi connectivity index (χ4n) is 2.39. The van der Waals surface area contributed by atoms with E-state index in [1.54, 1.807) is 7.05 Å². The molecule has 7 nitrogen and oxygen atoms in total. The third kappa shape index (κ3) is 1.33. The molecule has 0 fully saturated rings. The molecule has 0 aliphatic carbocycles. The highest BCUT2D eigenvalue weighted by molar-refractivity contribution is 5.74. The molecule has 0 saturated carbocycles. The summed E-state index contributed by atoms with van der Waals surface area (Å²) in [5.74, 6) is 0.681. The second-order valence-corrected chi connectivity index (χ2v) is 4.60.